The molecule has 0 bridgehead atoms. The third-order valence-corrected chi connectivity index (χ3v) is 4.25. The molecule has 0 heterocycles. The van der Waals surface area contributed by atoms with E-state index < -0.39 is 15.8 Å². The molecule has 0 fully saturated rings. The molecule has 0 aromatic heterocycles. The highest BCUT2D eigenvalue weighted by Gasteiger charge is 2.17. The molecule has 2 rings (SSSR count). The Morgan fingerprint density at radius 2 is 1.70 bits per heavy atom. The molecule has 0 radical (unpaired) electrons. The number of anilines is 2. The highest BCUT2D eigenvalue weighted by molar-refractivity contribution is 7.92. The van der Waals surface area contributed by atoms with Crippen LogP contribution in [0.1, 0.15) is 11.1 Å². The summed E-state index contributed by atoms with van der Waals surface area (Å²) in [5, 5.41) is 0. The van der Waals surface area contributed by atoms with Gasteiger partial charge in [-0.05, 0) is 55.3 Å². The van der Waals surface area contributed by atoms with Crippen molar-refractivity contribution in [1.29, 1.82) is 0 Å². The average molecular weight is 294 g/mol. The number of nitrogens with one attached hydrogen (secondary N) is 1. The van der Waals surface area contributed by atoms with Gasteiger partial charge in [-0.3, -0.25) is 4.72 Å². The number of hydrogen-bond acceptors (Lipinski definition) is 3. The Morgan fingerprint density at radius 3 is 2.25 bits per heavy atom. The van der Waals surface area contributed by atoms with E-state index in [2.05, 4.69) is 4.72 Å². The molecule has 3 N–H and O–H groups in total. The molecule has 0 aliphatic carbocycles. The highest BCUT2D eigenvalue weighted by Crippen LogP contribution is 2.26. The summed E-state index contributed by atoms with van der Waals surface area (Å²) in [6.45, 7) is 3.51. The van der Waals surface area contributed by atoms with Crippen molar-refractivity contribution >= 4 is 21.4 Å². The van der Waals surface area contributed by atoms with Gasteiger partial charge in [-0.15, -0.1) is 0 Å². The fourth-order valence-electron chi connectivity index (χ4n) is 1.99. The number of nitrogens with two attached hydrogens (primary N) is 1. The summed E-state index contributed by atoms with van der Waals surface area (Å²) < 4.78 is 40.1. The number of rotatable bonds is 3. The van der Waals surface area contributed by atoms with Crippen molar-refractivity contribution in [3.8, 4) is 0 Å². The van der Waals surface area contributed by atoms with E-state index >= 15 is 0 Å². The Kier molecular flexibility index (Phi) is 3.67. The lowest BCUT2D eigenvalue weighted by atomic mass is 10.1. The minimum absolute atomic E-state index is 0.117. The zero-order chi connectivity index (χ0) is 14.9. The Bertz CT molecular complexity index is 735. The summed E-state index contributed by atoms with van der Waals surface area (Å²) in [6, 6.07) is 8.22. The summed E-state index contributed by atoms with van der Waals surface area (Å²) in [6.07, 6.45) is 0. The van der Waals surface area contributed by atoms with E-state index in [9.17, 15) is 12.8 Å². The quantitative estimate of drug-likeness (QED) is 0.855. The molecule has 2 aromatic rings. The van der Waals surface area contributed by atoms with Gasteiger partial charge in [-0.1, -0.05) is 6.07 Å². The molecule has 2 aromatic carbocycles. The maximum absolute atomic E-state index is 13.1. The molecule has 0 atom stereocenters. The zero-order valence-electron chi connectivity index (χ0n) is 11.1. The first kappa shape index (κ1) is 14.3. The van der Waals surface area contributed by atoms with Gasteiger partial charge in [-0.2, -0.15) is 0 Å². The van der Waals surface area contributed by atoms with Gasteiger partial charge >= 0.3 is 0 Å². The number of halogens is 1. The molecule has 0 amide bonds. The van der Waals surface area contributed by atoms with Crippen LogP contribution < -0.4 is 10.5 Å². The highest BCUT2D eigenvalue weighted by atomic mass is 32.2. The number of benzene rings is 2. The van der Waals surface area contributed by atoms with Crippen LogP contribution in [0.3, 0.4) is 0 Å². The largest absolute Gasteiger partial charge is 0.399 e. The van der Waals surface area contributed by atoms with Crippen molar-refractivity contribution < 1.29 is 12.8 Å². The Morgan fingerprint density at radius 1 is 1.10 bits per heavy atom. The van der Waals surface area contributed by atoms with Gasteiger partial charge in [0.2, 0.25) is 0 Å². The molecular weight excluding hydrogens is 279 g/mol. The predicted molar refractivity (Wildman–Crippen MR) is 77.5 cm³/mol. The van der Waals surface area contributed by atoms with Crippen molar-refractivity contribution in [1.82, 2.24) is 0 Å². The monoisotopic (exact) mass is 294 g/mol. The summed E-state index contributed by atoms with van der Waals surface area (Å²) in [4.78, 5) is -0.117. The van der Waals surface area contributed by atoms with E-state index in [0.29, 0.717) is 22.5 Å². The number of nitrogen functional groups attached to an aromatic ring is 1. The molecule has 0 aliphatic rings. The summed E-state index contributed by atoms with van der Waals surface area (Å²) in [5.74, 6) is -0.598. The smallest absolute Gasteiger partial charge is 0.262 e. The van der Waals surface area contributed by atoms with Crippen LogP contribution in [0.2, 0.25) is 0 Å². The van der Waals surface area contributed by atoms with Crippen LogP contribution in [0.5, 0.6) is 0 Å². The molecule has 0 saturated heterocycles. The maximum atomic E-state index is 13.1. The number of sulfonamides is 1. The Balaban J connectivity index is 2.44. The van der Waals surface area contributed by atoms with Crippen LogP contribution in [-0.2, 0) is 10.0 Å². The molecule has 0 unspecified atom stereocenters. The Labute approximate surface area is 117 Å². The van der Waals surface area contributed by atoms with Gasteiger partial charge < -0.3 is 5.73 Å². The van der Waals surface area contributed by atoms with E-state index in [0.717, 1.165) is 6.07 Å². The van der Waals surface area contributed by atoms with E-state index in [4.69, 9.17) is 5.73 Å². The molecule has 6 heteroatoms. The molecule has 4 nitrogen and oxygen atoms in total. The second-order valence-electron chi connectivity index (χ2n) is 4.59. The summed E-state index contributed by atoms with van der Waals surface area (Å²) >= 11 is 0. The lowest BCUT2D eigenvalue weighted by Crippen LogP contribution is -2.15. The predicted octanol–water partition coefficient (Wildman–Crippen LogP) is 2.83. The van der Waals surface area contributed by atoms with Crippen molar-refractivity contribution in [2.45, 2.75) is 18.7 Å². The average Bonchev–Trinajstić information content (AvgIpc) is 2.34. The van der Waals surface area contributed by atoms with E-state index in [1.165, 1.54) is 18.2 Å². The SMILES string of the molecule is Cc1cc(N)cc(C)c1NS(=O)(=O)c1cccc(F)c1. The van der Waals surface area contributed by atoms with Crippen molar-refractivity contribution in [3.63, 3.8) is 0 Å². The molecule has 0 aliphatic heterocycles. The first-order valence-electron chi connectivity index (χ1n) is 5.95. The minimum atomic E-state index is -3.82. The lowest BCUT2D eigenvalue weighted by Gasteiger charge is -2.14. The molecule has 0 saturated carbocycles. The van der Waals surface area contributed by atoms with Crippen molar-refractivity contribution in [3.05, 3.63) is 53.3 Å². The van der Waals surface area contributed by atoms with Gasteiger partial charge in [0, 0.05) is 5.69 Å². The molecule has 0 spiro atoms. The van der Waals surface area contributed by atoms with Crippen LogP contribution in [0.25, 0.3) is 0 Å². The molecule has 20 heavy (non-hydrogen) atoms. The first-order valence-corrected chi connectivity index (χ1v) is 7.43. The summed E-state index contributed by atoms with van der Waals surface area (Å²) in [5.41, 5.74) is 8.14. The number of aryl methyl sites for hydroxylation is 2. The summed E-state index contributed by atoms with van der Waals surface area (Å²) in [7, 11) is -3.82. The van der Waals surface area contributed by atoms with E-state index in [1.807, 2.05) is 0 Å². The molecule has 106 valence electrons. The third-order valence-electron chi connectivity index (χ3n) is 2.90. The van der Waals surface area contributed by atoms with Crippen LogP contribution >= 0.6 is 0 Å². The van der Waals surface area contributed by atoms with Gasteiger partial charge in [0.25, 0.3) is 10.0 Å². The van der Waals surface area contributed by atoms with Gasteiger partial charge in [0.1, 0.15) is 5.82 Å². The Hall–Kier alpha value is -2.08. The second-order valence-corrected chi connectivity index (χ2v) is 6.27. The van der Waals surface area contributed by atoms with Crippen LogP contribution in [0, 0.1) is 19.7 Å². The van der Waals surface area contributed by atoms with Crippen molar-refractivity contribution in [2.75, 3.05) is 10.5 Å². The molecular formula is C14H15FN2O2S. The third kappa shape index (κ3) is 2.91. The number of hydrogen-bond donors (Lipinski definition) is 2. The van der Waals surface area contributed by atoms with E-state index in [1.54, 1.807) is 26.0 Å². The zero-order valence-corrected chi connectivity index (χ0v) is 12.0. The van der Waals surface area contributed by atoms with Crippen LogP contribution in [0.4, 0.5) is 15.8 Å². The standard InChI is InChI=1S/C14H15FN2O2S/c1-9-6-12(16)7-10(2)14(9)17-20(18,19)13-5-3-4-11(15)8-13/h3-8,17H,16H2,1-2H3. The lowest BCUT2D eigenvalue weighted by molar-refractivity contribution is 0.595. The first-order chi connectivity index (χ1) is 9.29. The van der Waals surface area contributed by atoms with Crippen LogP contribution in [0.15, 0.2) is 41.3 Å². The van der Waals surface area contributed by atoms with Crippen LogP contribution in [-0.4, -0.2) is 8.42 Å². The van der Waals surface area contributed by atoms with Gasteiger partial charge in [0.05, 0.1) is 10.6 Å². The fraction of sp³-hybridized carbons (Fsp3) is 0.143. The van der Waals surface area contributed by atoms with Gasteiger partial charge in [-0.25, -0.2) is 12.8 Å². The topological polar surface area (TPSA) is 72.2 Å². The van der Waals surface area contributed by atoms with E-state index in [-0.39, 0.29) is 4.90 Å². The normalized spacial score (nSPS) is 11.3. The second kappa shape index (κ2) is 5.13. The fourth-order valence-corrected chi connectivity index (χ4v) is 3.22. The van der Waals surface area contributed by atoms with Crippen molar-refractivity contribution in [2.24, 2.45) is 0 Å². The minimum Gasteiger partial charge on any atom is -0.399 e. The van der Waals surface area contributed by atoms with Gasteiger partial charge in [0.15, 0.2) is 0 Å². The maximum Gasteiger partial charge on any atom is 0.262 e.